The number of carbonyl (C=O) groups is 1. The Morgan fingerprint density at radius 3 is 2.57 bits per heavy atom. The highest BCUT2D eigenvalue weighted by atomic mass is 16.5. The van der Waals surface area contributed by atoms with E-state index in [9.17, 15) is 4.79 Å². The second-order valence-corrected chi connectivity index (χ2v) is 5.70. The van der Waals surface area contributed by atoms with Crippen molar-refractivity contribution in [3.8, 4) is 17.3 Å². The van der Waals surface area contributed by atoms with Gasteiger partial charge in [-0.05, 0) is 27.2 Å². The predicted molar refractivity (Wildman–Crippen MR) is 90.3 cm³/mol. The number of amides is 1. The van der Waals surface area contributed by atoms with Gasteiger partial charge in [0.25, 0.3) is 5.91 Å². The highest BCUT2D eigenvalue weighted by Gasteiger charge is 2.09. The van der Waals surface area contributed by atoms with Crippen LogP contribution in [0.4, 0.5) is 0 Å². The van der Waals surface area contributed by atoms with Crippen molar-refractivity contribution in [2.45, 2.75) is 40.2 Å². The van der Waals surface area contributed by atoms with Crippen LogP contribution in [0.15, 0.2) is 30.3 Å². The van der Waals surface area contributed by atoms with E-state index in [1.165, 1.54) is 5.56 Å². The number of aryl methyl sites for hydroxylation is 2. The van der Waals surface area contributed by atoms with Crippen molar-refractivity contribution in [3.05, 3.63) is 41.6 Å². The molecule has 0 saturated heterocycles. The van der Waals surface area contributed by atoms with Crippen molar-refractivity contribution in [1.82, 2.24) is 15.3 Å². The molecule has 1 aromatic heterocycles. The number of aromatic nitrogens is 2. The molecule has 5 nitrogen and oxygen atoms in total. The van der Waals surface area contributed by atoms with E-state index in [0.717, 1.165) is 17.7 Å². The first-order valence-electron chi connectivity index (χ1n) is 7.83. The van der Waals surface area contributed by atoms with Crippen molar-refractivity contribution in [2.24, 2.45) is 0 Å². The standard InChI is InChI=1S/C18H23N3O2/c1-5-13(3)19-16(22)11-23-17-10-14(4)20-18(21-17)15-8-6-12(2)7-9-15/h6-10,13H,5,11H2,1-4H3,(H,19,22)/t13-/m1/s1. The molecule has 5 heteroatoms. The fourth-order valence-corrected chi connectivity index (χ4v) is 2.00. The van der Waals surface area contributed by atoms with Crippen molar-refractivity contribution < 1.29 is 9.53 Å². The van der Waals surface area contributed by atoms with Gasteiger partial charge in [0.1, 0.15) is 0 Å². The van der Waals surface area contributed by atoms with Crippen molar-refractivity contribution in [3.63, 3.8) is 0 Å². The highest BCUT2D eigenvalue weighted by molar-refractivity contribution is 5.77. The smallest absolute Gasteiger partial charge is 0.258 e. The van der Waals surface area contributed by atoms with Crippen LogP contribution < -0.4 is 10.1 Å². The quantitative estimate of drug-likeness (QED) is 0.890. The number of nitrogens with one attached hydrogen (secondary N) is 1. The number of ether oxygens (including phenoxy) is 1. The van der Waals surface area contributed by atoms with E-state index in [2.05, 4.69) is 15.3 Å². The summed E-state index contributed by atoms with van der Waals surface area (Å²) in [7, 11) is 0. The van der Waals surface area contributed by atoms with E-state index >= 15 is 0 Å². The molecule has 0 aliphatic rings. The van der Waals surface area contributed by atoms with Gasteiger partial charge in [0.15, 0.2) is 12.4 Å². The van der Waals surface area contributed by atoms with Crippen LogP contribution >= 0.6 is 0 Å². The Labute approximate surface area is 137 Å². The fourth-order valence-electron chi connectivity index (χ4n) is 2.00. The Hall–Kier alpha value is -2.43. The monoisotopic (exact) mass is 313 g/mol. The van der Waals surface area contributed by atoms with Gasteiger partial charge >= 0.3 is 0 Å². The minimum Gasteiger partial charge on any atom is -0.467 e. The predicted octanol–water partition coefficient (Wildman–Crippen LogP) is 3.05. The van der Waals surface area contributed by atoms with Crippen molar-refractivity contribution in [2.75, 3.05) is 6.61 Å². The van der Waals surface area contributed by atoms with Gasteiger partial charge < -0.3 is 10.1 Å². The summed E-state index contributed by atoms with van der Waals surface area (Å²) in [6.45, 7) is 7.85. The average Bonchev–Trinajstić information content (AvgIpc) is 2.53. The summed E-state index contributed by atoms with van der Waals surface area (Å²) < 4.78 is 5.52. The number of carbonyl (C=O) groups excluding carboxylic acids is 1. The van der Waals surface area contributed by atoms with E-state index in [1.54, 1.807) is 6.07 Å². The zero-order chi connectivity index (χ0) is 16.8. The van der Waals surface area contributed by atoms with Gasteiger partial charge in [-0.1, -0.05) is 36.8 Å². The summed E-state index contributed by atoms with van der Waals surface area (Å²) >= 11 is 0. The zero-order valence-electron chi connectivity index (χ0n) is 14.1. The van der Waals surface area contributed by atoms with Gasteiger partial charge in [0, 0.05) is 23.4 Å². The minimum atomic E-state index is -0.146. The molecule has 0 aliphatic heterocycles. The Balaban J connectivity index is 2.08. The lowest BCUT2D eigenvalue weighted by Gasteiger charge is -2.12. The third-order valence-corrected chi connectivity index (χ3v) is 3.51. The van der Waals surface area contributed by atoms with Gasteiger partial charge in [0.2, 0.25) is 5.88 Å². The molecule has 0 bridgehead atoms. The van der Waals surface area contributed by atoms with Gasteiger partial charge in [-0.3, -0.25) is 4.79 Å². The second kappa shape index (κ2) is 7.72. The molecule has 1 amide bonds. The molecule has 1 aromatic carbocycles. The van der Waals surface area contributed by atoms with Crippen molar-refractivity contribution in [1.29, 1.82) is 0 Å². The third kappa shape index (κ3) is 5.06. The Morgan fingerprint density at radius 2 is 1.91 bits per heavy atom. The molecule has 2 aromatic rings. The lowest BCUT2D eigenvalue weighted by Crippen LogP contribution is -2.35. The number of hydrogen-bond donors (Lipinski definition) is 1. The summed E-state index contributed by atoms with van der Waals surface area (Å²) in [6.07, 6.45) is 0.885. The fraction of sp³-hybridized carbons (Fsp3) is 0.389. The van der Waals surface area contributed by atoms with Gasteiger partial charge in [-0.25, -0.2) is 4.98 Å². The highest BCUT2D eigenvalue weighted by Crippen LogP contribution is 2.19. The molecule has 0 saturated carbocycles. The van der Waals surface area contributed by atoms with Crippen LogP contribution in [0.25, 0.3) is 11.4 Å². The average molecular weight is 313 g/mol. The molecule has 0 unspecified atom stereocenters. The number of benzene rings is 1. The summed E-state index contributed by atoms with van der Waals surface area (Å²) in [5.74, 6) is 0.863. The van der Waals surface area contributed by atoms with Crippen LogP contribution in [0.3, 0.4) is 0 Å². The van der Waals surface area contributed by atoms with Crippen LogP contribution in [0.2, 0.25) is 0 Å². The lowest BCUT2D eigenvalue weighted by atomic mass is 10.1. The second-order valence-electron chi connectivity index (χ2n) is 5.70. The van der Waals surface area contributed by atoms with Crippen LogP contribution in [0.5, 0.6) is 5.88 Å². The van der Waals surface area contributed by atoms with E-state index in [1.807, 2.05) is 52.0 Å². The normalized spacial score (nSPS) is 11.8. The summed E-state index contributed by atoms with van der Waals surface area (Å²) in [5, 5.41) is 2.86. The molecule has 1 N–H and O–H groups in total. The van der Waals surface area contributed by atoms with Gasteiger partial charge in [0.05, 0.1) is 0 Å². The zero-order valence-corrected chi connectivity index (χ0v) is 14.1. The molecule has 0 spiro atoms. The topological polar surface area (TPSA) is 64.1 Å². The maximum Gasteiger partial charge on any atom is 0.258 e. The minimum absolute atomic E-state index is 0.0475. The number of nitrogens with zero attached hydrogens (tertiary/aromatic N) is 2. The molecule has 23 heavy (non-hydrogen) atoms. The molecule has 122 valence electrons. The molecule has 2 rings (SSSR count). The molecule has 0 radical (unpaired) electrons. The molecular weight excluding hydrogens is 290 g/mol. The SMILES string of the molecule is CC[C@@H](C)NC(=O)COc1cc(C)nc(-c2ccc(C)cc2)n1. The Kier molecular flexibility index (Phi) is 5.68. The maximum absolute atomic E-state index is 11.8. The van der Waals surface area contributed by atoms with Gasteiger partial charge in [-0.2, -0.15) is 4.98 Å². The number of rotatable bonds is 6. The van der Waals surface area contributed by atoms with Gasteiger partial charge in [-0.15, -0.1) is 0 Å². The lowest BCUT2D eigenvalue weighted by molar-refractivity contribution is -0.123. The van der Waals surface area contributed by atoms with Crippen LogP contribution in [-0.2, 0) is 4.79 Å². The first-order valence-corrected chi connectivity index (χ1v) is 7.83. The third-order valence-electron chi connectivity index (χ3n) is 3.51. The molecule has 1 atom stereocenters. The molecular formula is C18H23N3O2. The van der Waals surface area contributed by atoms with E-state index in [-0.39, 0.29) is 18.6 Å². The summed E-state index contributed by atoms with van der Waals surface area (Å²) in [4.78, 5) is 20.6. The molecule has 1 heterocycles. The van der Waals surface area contributed by atoms with Crippen LogP contribution in [-0.4, -0.2) is 28.5 Å². The number of hydrogen-bond acceptors (Lipinski definition) is 4. The van der Waals surface area contributed by atoms with E-state index in [0.29, 0.717) is 11.7 Å². The first-order chi connectivity index (χ1) is 11.0. The van der Waals surface area contributed by atoms with E-state index in [4.69, 9.17) is 4.74 Å². The first kappa shape index (κ1) is 16.9. The van der Waals surface area contributed by atoms with Crippen LogP contribution in [0.1, 0.15) is 31.5 Å². The van der Waals surface area contributed by atoms with Crippen LogP contribution in [0, 0.1) is 13.8 Å². The molecule has 0 aliphatic carbocycles. The summed E-state index contributed by atoms with van der Waals surface area (Å²) in [5.41, 5.74) is 2.90. The summed E-state index contributed by atoms with van der Waals surface area (Å²) in [6, 6.07) is 9.85. The Bertz CT molecular complexity index is 668. The largest absolute Gasteiger partial charge is 0.467 e. The van der Waals surface area contributed by atoms with Crippen molar-refractivity contribution >= 4 is 5.91 Å². The van der Waals surface area contributed by atoms with E-state index < -0.39 is 0 Å². The Morgan fingerprint density at radius 1 is 1.22 bits per heavy atom. The molecule has 0 fully saturated rings. The maximum atomic E-state index is 11.8.